The number of aliphatic hydroxyl groups excluding tert-OH is 1. The average Bonchev–Trinajstić information content (AvgIpc) is 2.50. The molecule has 0 saturated carbocycles. The zero-order valence-corrected chi connectivity index (χ0v) is 15.8. The van der Waals surface area contributed by atoms with Gasteiger partial charge in [-0.1, -0.05) is 104 Å². The number of hydrogen-bond acceptors (Lipinski definition) is 1. The van der Waals surface area contributed by atoms with Crippen molar-refractivity contribution in [2.45, 2.75) is 123 Å². The lowest BCUT2D eigenvalue weighted by Crippen LogP contribution is -2.68. The first-order valence-electron chi connectivity index (χ1n) is 10.1. The Morgan fingerprint density at radius 3 is 1.41 bits per heavy atom. The van der Waals surface area contributed by atoms with E-state index in [1.165, 1.54) is 77.0 Å². The first-order valence-corrected chi connectivity index (χ1v) is 10.1. The number of hydrogen-bond donors (Lipinski definition) is 2. The van der Waals surface area contributed by atoms with Gasteiger partial charge in [0.05, 0.1) is 0 Å². The van der Waals surface area contributed by atoms with E-state index in [0.29, 0.717) is 5.92 Å². The Labute approximate surface area is 140 Å². The molecule has 0 aromatic rings. The fraction of sp³-hybridized carbons (Fsp3) is 1.00. The van der Waals surface area contributed by atoms with Crippen LogP contribution in [0.15, 0.2) is 0 Å². The van der Waals surface area contributed by atoms with Gasteiger partial charge < -0.3 is 10.8 Å². The highest BCUT2D eigenvalue weighted by Crippen LogP contribution is 2.14. The molecule has 22 heavy (non-hydrogen) atoms. The first-order chi connectivity index (χ1) is 10.6. The molecule has 0 aromatic carbocycles. The van der Waals surface area contributed by atoms with E-state index in [9.17, 15) is 5.11 Å². The van der Waals surface area contributed by atoms with Gasteiger partial charge in [0, 0.05) is 5.92 Å². The normalized spacial score (nSPS) is 14.5. The fourth-order valence-corrected chi connectivity index (χ4v) is 3.03. The van der Waals surface area contributed by atoms with Gasteiger partial charge in [-0.3, -0.25) is 0 Å². The molecule has 0 aliphatic carbocycles. The zero-order valence-electron chi connectivity index (χ0n) is 15.8. The van der Waals surface area contributed by atoms with Crippen LogP contribution in [0.2, 0.25) is 0 Å². The number of aliphatic hydroxyl groups is 1. The summed E-state index contributed by atoms with van der Waals surface area (Å²) in [4.78, 5) is 0. The number of rotatable bonds is 16. The molecule has 2 atom stereocenters. The SMILES string of the molecule is CCCCCCCCCCCCCCC[C@@H](O)[C@@H]([NH3+])C(C)C. The van der Waals surface area contributed by atoms with Crippen molar-refractivity contribution in [3.8, 4) is 0 Å². The van der Waals surface area contributed by atoms with Gasteiger partial charge >= 0.3 is 0 Å². The third-order valence-electron chi connectivity index (χ3n) is 4.95. The molecule has 0 saturated heterocycles. The summed E-state index contributed by atoms with van der Waals surface area (Å²) in [6.07, 6.45) is 18.7. The molecule has 0 aliphatic rings. The van der Waals surface area contributed by atoms with Crippen molar-refractivity contribution in [3.63, 3.8) is 0 Å². The van der Waals surface area contributed by atoms with Crippen LogP contribution < -0.4 is 5.73 Å². The Bertz CT molecular complexity index is 218. The van der Waals surface area contributed by atoms with Crippen LogP contribution in [0, 0.1) is 5.92 Å². The minimum atomic E-state index is -0.201. The van der Waals surface area contributed by atoms with Crippen LogP contribution in [-0.4, -0.2) is 17.3 Å². The lowest BCUT2D eigenvalue weighted by atomic mass is 9.95. The minimum Gasteiger partial charge on any atom is -0.387 e. The third-order valence-corrected chi connectivity index (χ3v) is 4.95. The summed E-state index contributed by atoms with van der Waals surface area (Å²) in [6.45, 7) is 6.57. The van der Waals surface area contributed by atoms with Crippen molar-refractivity contribution >= 4 is 0 Å². The average molecular weight is 315 g/mol. The Balaban J connectivity index is 3.17. The standard InChI is InChI=1S/C20H43NO/c1-4-5-6-7-8-9-10-11-12-13-14-15-16-17-19(22)20(21)18(2)3/h18-20,22H,4-17,21H2,1-3H3/p+1/t19-,20+/m1/s1. The van der Waals surface area contributed by atoms with Crippen LogP contribution in [0.3, 0.4) is 0 Å². The molecule has 134 valence electrons. The second-order valence-corrected chi connectivity index (χ2v) is 7.51. The summed E-state index contributed by atoms with van der Waals surface area (Å²) < 4.78 is 0. The van der Waals surface area contributed by atoms with Crippen LogP contribution in [-0.2, 0) is 0 Å². The second kappa shape index (κ2) is 15.8. The smallest absolute Gasteiger partial charge is 0.113 e. The predicted octanol–water partition coefficient (Wildman–Crippen LogP) is 5.10. The van der Waals surface area contributed by atoms with E-state index in [1.807, 2.05) is 0 Å². The number of quaternary nitrogens is 1. The summed E-state index contributed by atoms with van der Waals surface area (Å²) in [6, 6.07) is 0.192. The molecule has 0 rings (SSSR count). The summed E-state index contributed by atoms with van der Waals surface area (Å²) in [7, 11) is 0. The highest BCUT2D eigenvalue weighted by atomic mass is 16.3. The fourth-order valence-electron chi connectivity index (χ4n) is 3.03. The predicted molar refractivity (Wildman–Crippen MR) is 97.8 cm³/mol. The van der Waals surface area contributed by atoms with Crippen molar-refractivity contribution < 1.29 is 10.8 Å². The lowest BCUT2D eigenvalue weighted by Gasteiger charge is -2.18. The Morgan fingerprint density at radius 1 is 0.682 bits per heavy atom. The van der Waals surface area contributed by atoms with E-state index in [0.717, 1.165) is 12.8 Å². The quantitative estimate of drug-likeness (QED) is 0.383. The van der Waals surface area contributed by atoms with Gasteiger partial charge in [-0.05, 0) is 6.42 Å². The van der Waals surface area contributed by atoms with Crippen molar-refractivity contribution in [3.05, 3.63) is 0 Å². The topological polar surface area (TPSA) is 47.9 Å². The molecule has 4 N–H and O–H groups in total. The summed E-state index contributed by atoms with van der Waals surface area (Å²) >= 11 is 0. The molecule has 2 nitrogen and oxygen atoms in total. The van der Waals surface area contributed by atoms with Crippen LogP contribution in [0.5, 0.6) is 0 Å². The van der Waals surface area contributed by atoms with Crippen LogP contribution in [0.1, 0.15) is 111 Å². The van der Waals surface area contributed by atoms with Crippen molar-refractivity contribution in [1.82, 2.24) is 0 Å². The summed E-state index contributed by atoms with van der Waals surface area (Å²) in [5.74, 6) is 0.483. The Kier molecular flexibility index (Phi) is 15.7. The van der Waals surface area contributed by atoms with Gasteiger partial charge in [-0.25, -0.2) is 0 Å². The van der Waals surface area contributed by atoms with Crippen molar-refractivity contribution in [1.29, 1.82) is 0 Å². The van der Waals surface area contributed by atoms with E-state index in [4.69, 9.17) is 0 Å². The van der Waals surface area contributed by atoms with Crippen molar-refractivity contribution in [2.75, 3.05) is 0 Å². The van der Waals surface area contributed by atoms with Gasteiger partial charge in [0.15, 0.2) is 0 Å². The lowest BCUT2D eigenvalue weighted by molar-refractivity contribution is -0.449. The van der Waals surface area contributed by atoms with Gasteiger partial charge in [-0.2, -0.15) is 0 Å². The second-order valence-electron chi connectivity index (χ2n) is 7.51. The molecule has 0 spiro atoms. The largest absolute Gasteiger partial charge is 0.387 e. The van der Waals surface area contributed by atoms with E-state index < -0.39 is 0 Å². The number of unbranched alkanes of at least 4 members (excludes halogenated alkanes) is 12. The van der Waals surface area contributed by atoms with E-state index in [1.54, 1.807) is 0 Å². The van der Waals surface area contributed by atoms with Gasteiger partial charge in [0.25, 0.3) is 0 Å². The molecular formula is C20H44NO+. The maximum atomic E-state index is 10.0. The molecule has 0 heterocycles. The zero-order chi connectivity index (χ0) is 16.6. The van der Waals surface area contributed by atoms with Crippen LogP contribution in [0.4, 0.5) is 0 Å². The summed E-state index contributed by atoms with van der Waals surface area (Å²) in [5.41, 5.74) is 4.07. The highest BCUT2D eigenvalue weighted by Gasteiger charge is 2.20. The van der Waals surface area contributed by atoms with Crippen molar-refractivity contribution in [2.24, 2.45) is 5.92 Å². The van der Waals surface area contributed by atoms with Gasteiger partial charge in [-0.15, -0.1) is 0 Å². The molecule has 0 aromatic heterocycles. The molecule has 0 fully saturated rings. The van der Waals surface area contributed by atoms with E-state index in [2.05, 4.69) is 26.5 Å². The van der Waals surface area contributed by atoms with E-state index >= 15 is 0 Å². The van der Waals surface area contributed by atoms with Gasteiger partial charge in [0.2, 0.25) is 0 Å². The van der Waals surface area contributed by atoms with Crippen LogP contribution >= 0.6 is 0 Å². The summed E-state index contributed by atoms with van der Waals surface area (Å²) in [5, 5.41) is 10.0. The molecule has 0 bridgehead atoms. The molecular weight excluding hydrogens is 270 g/mol. The monoisotopic (exact) mass is 314 g/mol. The first kappa shape index (κ1) is 21.9. The Hall–Kier alpha value is -0.0800. The maximum Gasteiger partial charge on any atom is 0.113 e. The molecule has 2 heteroatoms. The third kappa shape index (κ3) is 13.6. The molecule has 0 unspecified atom stereocenters. The van der Waals surface area contributed by atoms with Crippen LogP contribution in [0.25, 0.3) is 0 Å². The molecule has 0 aliphatic heterocycles. The van der Waals surface area contributed by atoms with Gasteiger partial charge in [0.1, 0.15) is 12.1 Å². The molecule has 0 amide bonds. The highest BCUT2D eigenvalue weighted by molar-refractivity contribution is 4.68. The maximum absolute atomic E-state index is 10.0. The Morgan fingerprint density at radius 2 is 1.05 bits per heavy atom. The minimum absolute atomic E-state index is 0.192. The van der Waals surface area contributed by atoms with E-state index in [-0.39, 0.29) is 12.1 Å². The molecule has 0 radical (unpaired) electrons.